The summed E-state index contributed by atoms with van der Waals surface area (Å²) in [6.45, 7) is 5.44. The van der Waals surface area contributed by atoms with Gasteiger partial charge in [0.1, 0.15) is 17.7 Å². The zero-order valence-electron chi connectivity index (χ0n) is 28.2. The van der Waals surface area contributed by atoms with E-state index in [0.717, 1.165) is 36.6 Å². The van der Waals surface area contributed by atoms with Crippen molar-refractivity contribution in [3.8, 4) is 0 Å². The molecule has 0 aliphatic heterocycles. The molecule has 1 unspecified atom stereocenters. The lowest BCUT2D eigenvalue weighted by Gasteiger charge is -2.32. The maximum Gasteiger partial charge on any atom is 0.253 e. The first-order valence-corrected chi connectivity index (χ1v) is 18.7. The number of hydrogen-bond acceptors (Lipinski definition) is 7. The van der Waals surface area contributed by atoms with Gasteiger partial charge in [0, 0.05) is 37.6 Å². The van der Waals surface area contributed by atoms with Crippen molar-refractivity contribution >= 4 is 33.3 Å². The van der Waals surface area contributed by atoms with E-state index in [9.17, 15) is 31.9 Å². The standard InChI is InChI=1S/C36H47ClF2N4O5S/c1-4-7-12-31(9-5-2)49(47,48)23-33(42-35(45)27-17-28(37)20-41-19-27)36(46)43(21-25-11-8-10-24(6-3)13-25)22-34(44)32(40)16-26-14-29(38)18-30(39)15-26/h8,10-11,13-15,17-20,31-34,44H,4-7,9,12,16,21-23,40H2,1-3H3,(H,42,45)/t31?,32-,33+,34+/m0/s1. The van der Waals surface area contributed by atoms with Crippen LogP contribution in [0.2, 0.25) is 5.02 Å². The Balaban J connectivity index is 2.00. The molecule has 0 saturated heterocycles. The number of carbonyl (C=O) groups excluding carboxylic acids is 2. The summed E-state index contributed by atoms with van der Waals surface area (Å²) in [7, 11) is -3.91. The molecule has 0 fully saturated rings. The van der Waals surface area contributed by atoms with Crippen LogP contribution in [0.1, 0.15) is 79.9 Å². The van der Waals surface area contributed by atoms with Gasteiger partial charge in [-0.15, -0.1) is 0 Å². The third-order valence-electron chi connectivity index (χ3n) is 8.35. The molecule has 13 heteroatoms. The molecule has 4 N–H and O–H groups in total. The Hall–Kier alpha value is -3.45. The Labute approximate surface area is 293 Å². The highest BCUT2D eigenvalue weighted by Gasteiger charge is 2.36. The van der Waals surface area contributed by atoms with Gasteiger partial charge in [-0.1, -0.05) is 75.9 Å². The number of aromatic nitrogens is 1. The van der Waals surface area contributed by atoms with E-state index < -0.39 is 62.5 Å². The molecule has 1 heterocycles. The van der Waals surface area contributed by atoms with Crippen LogP contribution in [0.5, 0.6) is 0 Å². The van der Waals surface area contributed by atoms with Crippen molar-refractivity contribution in [2.75, 3.05) is 12.3 Å². The first-order valence-electron chi connectivity index (χ1n) is 16.6. The number of amides is 2. The van der Waals surface area contributed by atoms with Gasteiger partial charge < -0.3 is 21.1 Å². The van der Waals surface area contributed by atoms with Crippen molar-refractivity contribution in [1.82, 2.24) is 15.2 Å². The average Bonchev–Trinajstić information content (AvgIpc) is 3.05. The van der Waals surface area contributed by atoms with Gasteiger partial charge in [-0.2, -0.15) is 0 Å². The van der Waals surface area contributed by atoms with E-state index in [1.54, 1.807) is 6.07 Å². The minimum Gasteiger partial charge on any atom is -0.390 e. The first kappa shape index (κ1) is 40.0. The maximum absolute atomic E-state index is 14.5. The summed E-state index contributed by atoms with van der Waals surface area (Å²) in [6, 6.07) is 9.18. The Kier molecular flexibility index (Phi) is 15.6. The zero-order valence-corrected chi connectivity index (χ0v) is 29.8. The number of benzene rings is 2. The molecule has 49 heavy (non-hydrogen) atoms. The lowest BCUT2D eigenvalue weighted by molar-refractivity contribution is -0.135. The molecule has 0 aliphatic rings. The van der Waals surface area contributed by atoms with E-state index in [-0.39, 0.29) is 35.7 Å². The predicted molar refractivity (Wildman–Crippen MR) is 188 cm³/mol. The summed E-state index contributed by atoms with van der Waals surface area (Å²) in [4.78, 5) is 33.1. The van der Waals surface area contributed by atoms with Crippen LogP contribution in [0.15, 0.2) is 60.9 Å². The minimum atomic E-state index is -3.91. The summed E-state index contributed by atoms with van der Waals surface area (Å²) in [6.07, 6.45) is 4.74. The smallest absolute Gasteiger partial charge is 0.253 e. The number of unbranched alkanes of at least 4 members (excludes halogenated alkanes) is 1. The molecule has 3 aromatic rings. The van der Waals surface area contributed by atoms with E-state index in [1.165, 1.54) is 23.4 Å². The second-order valence-corrected chi connectivity index (χ2v) is 15.2. The number of aryl methyl sites for hydroxylation is 1. The summed E-state index contributed by atoms with van der Waals surface area (Å²) in [5.41, 5.74) is 8.24. The van der Waals surface area contributed by atoms with Gasteiger partial charge in [0.15, 0.2) is 9.84 Å². The van der Waals surface area contributed by atoms with Crippen LogP contribution in [0.4, 0.5) is 8.78 Å². The number of nitrogens with zero attached hydrogens (tertiary/aromatic N) is 2. The van der Waals surface area contributed by atoms with Gasteiger partial charge in [0.2, 0.25) is 5.91 Å². The van der Waals surface area contributed by atoms with Crippen molar-refractivity contribution in [3.05, 3.63) is 99.8 Å². The number of aliphatic hydroxyl groups is 1. The van der Waals surface area contributed by atoms with E-state index in [4.69, 9.17) is 17.3 Å². The Bertz CT molecular complexity index is 1640. The number of rotatable bonds is 19. The van der Waals surface area contributed by atoms with E-state index in [2.05, 4.69) is 10.3 Å². The van der Waals surface area contributed by atoms with Crippen LogP contribution >= 0.6 is 11.6 Å². The van der Waals surface area contributed by atoms with Crippen molar-refractivity contribution in [1.29, 1.82) is 0 Å². The third kappa shape index (κ3) is 12.4. The molecule has 0 saturated carbocycles. The van der Waals surface area contributed by atoms with E-state index in [1.807, 2.05) is 39.0 Å². The molecule has 0 aliphatic carbocycles. The normalized spacial score (nSPS) is 14.1. The monoisotopic (exact) mass is 720 g/mol. The first-order chi connectivity index (χ1) is 23.3. The molecule has 9 nitrogen and oxygen atoms in total. The Morgan fingerprint density at radius 2 is 1.67 bits per heavy atom. The van der Waals surface area contributed by atoms with Crippen molar-refractivity contribution in [2.24, 2.45) is 5.73 Å². The molecular formula is C36H47ClF2N4O5S. The van der Waals surface area contributed by atoms with Gasteiger partial charge in [-0.25, -0.2) is 17.2 Å². The number of hydrogen-bond donors (Lipinski definition) is 3. The molecule has 0 bridgehead atoms. The van der Waals surface area contributed by atoms with E-state index >= 15 is 0 Å². The van der Waals surface area contributed by atoms with Gasteiger partial charge in [0.25, 0.3) is 5.91 Å². The fourth-order valence-corrected chi connectivity index (χ4v) is 7.95. The van der Waals surface area contributed by atoms with Crippen LogP contribution < -0.4 is 11.1 Å². The van der Waals surface area contributed by atoms with Crippen molar-refractivity contribution < 1.29 is 31.9 Å². The number of aliphatic hydroxyl groups excluding tert-OH is 1. The molecule has 4 atom stereocenters. The van der Waals surface area contributed by atoms with Crippen LogP contribution in [0.3, 0.4) is 0 Å². The highest BCUT2D eigenvalue weighted by atomic mass is 35.5. The fourth-order valence-electron chi connectivity index (χ4n) is 5.70. The SMILES string of the molecule is CCCCC(CCC)S(=O)(=O)C[C@@H](NC(=O)c1cncc(Cl)c1)C(=O)N(Cc1cccc(CC)c1)C[C@@H](O)[C@@H](N)Cc1cc(F)cc(F)c1. The molecule has 2 aromatic carbocycles. The van der Waals surface area contributed by atoms with Gasteiger partial charge in [-0.05, 0) is 60.6 Å². The summed E-state index contributed by atoms with van der Waals surface area (Å²) >= 11 is 6.05. The summed E-state index contributed by atoms with van der Waals surface area (Å²) < 4.78 is 55.5. The summed E-state index contributed by atoms with van der Waals surface area (Å²) in [5, 5.41) is 13.3. The lowest BCUT2D eigenvalue weighted by atomic mass is 10.0. The molecule has 2 amide bonds. The highest BCUT2D eigenvalue weighted by Crippen LogP contribution is 2.20. The fraction of sp³-hybridized carbons (Fsp3) is 0.472. The van der Waals surface area contributed by atoms with Crippen molar-refractivity contribution in [3.63, 3.8) is 0 Å². The number of sulfone groups is 1. The largest absolute Gasteiger partial charge is 0.390 e. The van der Waals surface area contributed by atoms with Crippen LogP contribution in [-0.4, -0.2) is 71.0 Å². The highest BCUT2D eigenvalue weighted by molar-refractivity contribution is 7.92. The van der Waals surface area contributed by atoms with Crippen LogP contribution in [0, 0.1) is 11.6 Å². The zero-order chi connectivity index (χ0) is 36.1. The van der Waals surface area contributed by atoms with Crippen LogP contribution in [-0.2, 0) is 34.0 Å². The molecule has 1 aromatic heterocycles. The van der Waals surface area contributed by atoms with Crippen molar-refractivity contribution in [2.45, 2.75) is 95.7 Å². The second-order valence-electron chi connectivity index (χ2n) is 12.4. The van der Waals surface area contributed by atoms with Gasteiger partial charge in [-0.3, -0.25) is 14.6 Å². The van der Waals surface area contributed by atoms with Gasteiger partial charge in [0.05, 0.1) is 27.7 Å². The molecule has 268 valence electrons. The topological polar surface area (TPSA) is 143 Å². The molecule has 0 spiro atoms. The number of halogens is 3. The Morgan fingerprint density at radius 1 is 0.980 bits per heavy atom. The number of pyridine rings is 1. The van der Waals surface area contributed by atoms with Gasteiger partial charge >= 0.3 is 0 Å². The molecule has 0 radical (unpaired) electrons. The number of nitrogens with one attached hydrogen (secondary N) is 1. The van der Waals surface area contributed by atoms with Crippen LogP contribution in [0.25, 0.3) is 0 Å². The second kappa shape index (κ2) is 19.1. The lowest BCUT2D eigenvalue weighted by Crippen LogP contribution is -2.55. The average molecular weight is 721 g/mol. The number of nitrogens with two attached hydrogens (primary N) is 1. The minimum absolute atomic E-state index is 0.0327. The quantitative estimate of drug-likeness (QED) is 0.150. The number of carbonyl (C=O) groups is 2. The third-order valence-corrected chi connectivity index (χ3v) is 10.8. The Morgan fingerprint density at radius 3 is 2.31 bits per heavy atom. The summed E-state index contributed by atoms with van der Waals surface area (Å²) in [5.74, 6) is -3.75. The molecular weight excluding hydrogens is 674 g/mol. The molecule has 3 rings (SSSR count). The van der Waals surface area contributed by atoms with E-state index in [0.29, 0.717) is 31.2 Å². The maximum atomic E-state index is 14.5. The predicted octanol–water partition coefficient (Wildman–Crippen LogP) is 5.41.